The van der Waals surface area contributed by atoms with Gasteiger partial charge in [-0.15, -0.1) is 0 Å². The minimum atomic E-state index is 0.101. The largest absolute Gasteiger partial charge is 0.353 e. The molecule has 2 aromatic carbocycles. The van der Waals surface area contributed by atoms with Gasteiger partial charge in [0.25, 0.3) is 0 Å². The van der Waals surface area contributed by atoms with Crippen molar-refractivity contribution in [1.29, 1.82) is 0 Å². The molecular formula is C51H70N6. The van der Waals surface area contributed by atoms with Crippen molar-refractivity contribution in [3.8, 4) is 5.69 Å². The number of aromatic nitrogens is 4. The van der Waals surface area contributed by atoms with Gasteiger partial charge in [-0.05, 0) is 134 Å². The average molecular weight is 767 g/mol. The highest BCUT2D eigenvalue weighted by Gasteiger charge is 2.34. The molecule has 57 heavy (non-hydrogen) atoms. The average Bonchev–Trinajstić information content (AvgIpc) is 3.60. The molecule has 6 nitrogen and oxygen atoms in total. The Morgan fingerprint density at radius 2 is 1.18 bits per heavy atom. The Kier molecular flexibility index (Phi) is 13.0. The second-order valence-electron chi connectivity index (χ2n) is 19.8. The lowest BCUT2D eigenvalue weighted by atomic mass is 9.78. The van der Waals surface area contributed by atoms with Gasteiger partial charge in [0.1, 0.15) is 11.6 Å². The Morgan fingerprint density at radius 3 is 1.84 bits per heavy atom. The van der Waals surface area contributed by atoms with E-state index in [-0.39, 0.29) is 16.2 Å². The molecule has 304 valence electrons. The van der Waals surface area contributed by atoms with Crippen LogP contribution in [0.2, 0.25) is 0 Å². The van der Waals surface area contributed by atoms with Gasteiger partial charge in [-0.25, -0.2) is 14.6 Å². The molecule has 5 heterocycles. The molecule has 6 heteroatoms. The molecule has 3 aliphatic rings. The number of hydrogen-bond donors (Lipinski definition) is 0. The van der Waals surface area contributed by atoms with Gasteiger partial charge in [0, 0.05) is 48.3 Å². The van der Waals surface area contributed by atoms with Crippen molar-refractivity contribution in [3.05, 3.63) is 125 Å². The van der Waals surface area contributed by atoms with Gasteiger partial charge >= 0.3 is 0 Å². The van der Waals surface area contributed by atoms with Crippen molar-refractivity contribution < 1.29 is 0 Å². The van der Waals surface area contributed by atoms with Crippen LogP contribution in [0.3, 0.4) is 0 Å². The highest BCUT2D eigenvalue weighted by molar-refractivity contribution is 5.65. The van der Waals surface area contributed by atoms with Crippen LogP contribution in [-0.4, -0.2) is 38.9 Å². The lowest BCUT2D eigenvalue weighted by Crippen LogP contribution is -2.47. The fourth-order valence-electron chi connectivity index (χ4n) is 8.77. The third kappa shape index (κ3) is 10.4. The van der Waals surface area contributed by atoms with Gasteiger partial charge in [-0.3, -0.25) is 0 Å². The SMILES string of the molecule is CC(C)(C)c1ccnc(N2CCCC3CCCCC32)c1.CC(C)(C)c1ccnc(N2CCCc3ccccc32)c1.Cc1cc(C(C)(C)C)n(-c2ccccc2C)n1. The number of hydrogen-bond acceptors (Lipinski definition) is 5. The lowest BCUT2D eigenvalue weighted by molar-refractivity contribution is 0.242. The van der Waals surface area contributed by atoms with E-state index in [4.69, 9.17) is 4.98 Å². The molecule has 1 saturated heterocycles. The summed E-state index contributed by atoms with van der Waals surface area (Å²) in [5.74, 6) is 3.20. The van der Waals surface area contributed by atoms with Gasteiger partial charge in [0.05, 0.1) is 11.4 Å². The number of anilines is 3. The van der Waals surface area contributed by atoms with Crippen molar-refractivity contribution >= 4 is 17.3 Å². The standard InChI is InChI=1S/C18H28N2.C18H22N2.C15H20N2/c2*1-18(2,3)15-10-11-19-17(13-15)20-12-6-8-14-7-4-5-9-16(14)20;1-11-8-6-7-9-13(11)17-14(15(3,4)5)10-12(2)16-17/h10-11,13-14,16H,4-9,12H2,1-3H3;4-5,7,9-11,13H,6,8,12H2,1-3H3;6-10H,1-5H3. The molecule has 0 bridgehead atoms. The maximum absolute atomic E-state index is 4.69. The molecule has 0 N–H and O–H groups in total. The van der Waals surface area contributed by atoms with Crippen LogP contribution in [0.15, 0.2) is 91.3 Å². The predicted molar refractivity (Wildman–Crippen MR) is 242 cm³/mol. The highest BCUT2D eigenvalue weighted by Crippen LogP contribution is 2.38. The second-order valence-corrected chi connectivity index (χ2v) is 19.8. The first kappa shape index (κ1) is 42.2. The minimum Gasteiger partial charge on any atom is -0.353 e. The van der Waals surface area contributed by atoms with E-state index in [0.717, 1.165) is 30.0 Å². The van der Waals surface area contributed by atoms with Gasteiger partial charge in [-0.1, -0.05) is 112 Å². The van der Waals surface area contributed by atoms with E-state index in [0.29, 0.717) is 0 Å². The van der Waals surface area contributed by atoms with Gasteiger partial charge < -0.3 is 9.80 Å². The van der Waals surface area contributed by atoms with Crippen LogP contribution < -0.4 is 9.80 Å². The van der Waals surface area contributed by atoms with Crippen molar-refractivity contribution in [2.75, 3.05) is 22.9 Å². The summed E-state index contributed by atoms with van der Waals surface area (Å²) < 4.78 is 2.07. The summed E-state index contributed by atoms with van der Waals surface area (Å²) in [5, 5.41) is 4.62. The van der Waals surface area contributed by atoms with Gasteiger partial charge in [0.2, 0.25) is 0 Å². The monoisotopic (exact) mass is 767 g/mol. The summed E-state index contributed by atoms with van der Waals surface area (Å²) in [6.45, 7) is 26.7. The summed E-state index contributed by atoms with van der Waals surface area (Å²) in [6, 6.07) is 28.8. The second kappa shape index (κ2) is 17.6. The maximum Gasteiger partial charge on any atom is 0.133 e. The van der Waals surface area contributed by atoms with Crippen LogP contribution in [0.4, 0.5) is 17.3 Å². The maximum atomic E-state index is 4.69. The van der Waals surface area contributed by atoms with E-state index in [2.05, 4.69) is 173 Å². The van der Waals surface area contributed by atoms with Crippen LogP contribution in [0, 0.1) is 19.8 Å². The number of fused-ring (bicyclic) bond motifs is 2. The van der Waals surface area contributed by atoms with Crippen molar-refractivity contribution in [1.82, 2.24) is 19.7 Å². The number of aryl methyl sites for hydroxylation is 3. The van der Waals surface area contributed by atoms with Crippen LogP contribution in [0.25, 0.3) is 5.69 Å². The first-order valence-corrected chi connectivity index (χ1v) is 21.7. The number of piperidine rings is 1. The first-order valence-electron chi connectivity index (χ1n) is 21.7. The van der Waals surface area contributed by atoms with Gasteiger partial charge in [-0.2, -0.15) is 5.10 Å². The highest BCUT2D eigenvalue weighted by atomic mass is 15.3. The molecule has 0 spiro atoms. The van der Waals surface area contributed by atoms with E-state index in [9.17, 15) is 0 Å². The molecular weight excluding hydrogens is 697 g/mol. The Balaban J connectivity index is 0.000000145. The Hall–Kier alpha value is -4.45. The summed E-state index contributed by atoms with van der Waals surface area (Å²) in [5.41, 5.74) is 10.7. The molecule has 5 aromatic rings. The fourth-order valence-corrected chi connectivity index (χ4v) is 8.77. The van der Waals surface area contributed by atoms with Crippen LogP contribution in [-0.2, 0) is 22.7 Å². The van der Waals surface area contributed by atoms with E-state index < -0.39 is 0 Å². The van der Waals surface area contributed by atoms with Crippen molar-refractivity contribution in [2.45, 2.75) is 150 Å². The smallest absolute Gasteiger partial charge is 0.133 e. The quantitative estimate of drug-likeness (QED) is 0.183. The fraction of sp³-hybridized carbons (Fsp3) is 0.510. The lowest BCUT2D eigenvalue weighted by Gasteiger charge is -2.45. The summed E-state index contributed by atoms with van der Waals surface area (Å²) in [6.07, 6.45) is 14.7. The Labute approximate surface area is 345 Å². The van der Waals surface area contributed by atoms with Crippen molar-refractivity contribution in [2.24, 2.45) is 5.92 Å². The van der Waals surface area contributed by atoms with E-state index in [1.54, 1.807) is 0 Å². The summed E-state index contributed by atoms with van der Waals surface area (Å²) in [7, 11) is 0. The molecule has 3 aromatic heterocycles. The zero-order chi connectivity index (χ0) is 41.0. The minimum absolute atomic E-state index is 0.101. The van der Waals surface area contributed by atoms with Crippen LogP contribution >= 0.6 is 0 Å². The van der Waals surface area contributed by atoms with E-state index in [1.807, 2.05) is 19.3 Å². The molecule has 0 radical (unpaired) electrons. The van der Waals surface area contributed by atoms with Crippen LogP contribution in [0.1, 0.15) is 141 Å². The number of para-hydroxylation sites is 2. The summed E-state index contributed by atoms with van der Waals surface area (Å²) in [4.78, 5) is 14.3. The predicted octanol–water partition coefficient (Wildman–Crippen LogP) is 12.8. The van der Waals surface area contributed by atoms with E-state index >= 15 is 0 Å². The number of nitrogens with zero attached hydrogens (tertiary/aromatic N) is 6. The van der Waals surface area contributed by atoms with E-state index in [1.165, 1.54) is 103 Å². The third-order valence-electron chi connectivity index (χ3n) is 12.1. The molecule has 2 atom stereocenters. The molecule has 2 aliphatic heterocycles. The zero-order valence-electron chi connectivity index (χ0n) is 37.1. The number of pyridine rings is 2. The molecule has 2 fully saturated rings. The molecule has 1 aliphatic carbocycles. The van der Waals surface area contributed by atoms with Crippen molar-refractivity contribution in [3.63, 3.8) is 0 Å². The molecule has 1 saturated carbocycles. The molecule has 0 amide bonds. The first-order chi connectivity index (χ1) is 27.0. The third-order valence-corrected chi connectivity index (χ3v) is 12.1. The molecule has 8 rings (SSSR count). The zero-order valence-corrected chi connectivity index (χ0v) is 37.1. The summed E-state index contributed by atoms with van der Waals surface area (Å²) >= 11 is 0. The number of rotatable bonds is 3. The Morgan fingerprint density at radius 1 is 0.579 bits per heavy atom. The van der Waals surface area contributed by atoms with Gasteiger partial charge in [0.15, 0.2) is 0 Å². The number of benzene rings is 2. The van der Waals surface area contributed by atoms with Crippen LogP contribution in [0.5, 0.6) is 0 Å². The molecule has 2 unspecified atom stereocenters. The normalized spacial score (nSPS) is 18.4. The topological polar surface area (TPSA) is 50.1 Å². The Bertz CT molecular complexity index is 2070.